The van der Waals surface area contributed by atoms with Crippen LogP contribution < -0.4 is 0 Å². The van der Waals surface area contributed by atoms with E-state index in [1.807, 2.05) is 12.1 Å². The van der Waals surface area contributed by atoms with E-state index in [9.17, 15) is 12.8 Å². The van der Waals surface area contributed by atoms with Gasteiger partial charge in [0, 0.05) is 36.1 Å². The summed E-state index contributed by atoms with van der Waals surface area (Å²) in [5.41, 5.74) is 3.89. The average Bonchev–Trinajstić information content (AvgIpc) is 3.06. The van der Waals surface area contributed by atoms with E-state index in [4.69, 9.17) is 0 Å². The topological polar surface area (TPSA) is 53.2 Å². The zero-order valence-electron chi connectivity index (χ0n) is 16.0. The Morgan fingerprint density at radius 1 is 1.11 bits per heavy atom. The Morgan fingerprint density at radius 2 is 1.89 bits per heavy atom. The second kappa shape index (κ2) is 7.68. The highest BCUT2D eigenvalue weighted by Crippen LogP contribution is 2.31. The van der Waals surface area contributed by atoms with Crippen LogP contribution in [0.1, 0.15) is 43.0 Å². The van der Waals surface area contributed by atoms with Crippen molar-refractivity contribution < 1.29 is 12.8 Å². The van der Waals surface area contributed by atoms with Gasteiger partial charge in [0.05, 0.1) is 4.90 Å². The van der Waals surface area contributed by atoms with Gasteiger partial charge < -0.3 is 4.98 Å². The number of hydrogen-bond donors (Lipinski definition) is 1. The molecule has 0 radical (unpaired) electrons. The van der Waals surface area contributed by atoms with E-state index in [1.54, 1.807) is 18.2 Å². The van der Waals surface area contributed by atoms with Crippen molar-refractivity contribution >= 4 is 20.9 Å². The predicted molar refractivity (Wildman–Crippen MR) is 109 cm³/mol. The van der Waals surface area contributed by atoms with Crippen molar-refractivity contribution in [1.82, 2.24) is 9.29 Å². The highest BCUT2D eigenvalue weighted by molar-refractivity contribution is 7.89. The molecule has 0 unspecified atom stereocenters. The Labute approximate surface area is 165 Å². The second-order valence-corrected chi connectivity index (χ2v) is 9.40. The maximum Gasteiger partial charge on any atom is 0.243 e. The first-order valence-corrected chi connectivity index (χ1v) is 11.3. The highest BCUT2D eigenvalue weighted by atomic mass is 32.2. The molecule has 0 aliphatic carbocycles. The number of nitrogens with zero attached hydrogens (tertiary/aromatic N) is 1. The molecule has 148 valence electrons. The lowest BCUT2D eigenvalue weighted by Crippen LogP contribution is -2.35. The smallest absolute Gasteiger partial charge is 0.243 e. The minimum atomic E-state index is -3.58. The first-order valence-electron chi connectivity index (χ1n) is 9.87. The lowest BCUT2D eigenvalue weighted by Gasteiger charge is -2.26. The zero-order valence-corrected chi connectivity index (χ0v) is 16.9. The van der Waals surface area contributed by atoms with Gasteiger partial charge in [0.1, 0.15) is 5.82 Å². The lowest BCUT2D eigenvalue weighted by molar-refractivity contribution is 0.391. The summed E-state index contributed by atoms with van der Waals surface area (Å²) < 4.78 is 41.5. The fourth-order valence-corrected chi connectivity index (χ4v) is 5.33. The van der Waals surface area contributed by atoms with Gasteiger partial charge in [0.2, 0.25) is 10.0 Å². The number of rotatable bonds is 6. The summed E-state index contributed by atoms with van der Waals surface area (Å²) in [6.07, 6.45) is 5.04. The Kier molecular flexibility index (Phi) is 5.25. The van der Waals surface area contributed by atoms with Gasteiger partial charge in [-0.05, 0) is 54.3 Å². The molecule has 0 saturated heterocycles. The van der Waals surface area contributed by atoms with Crippen LogP contribution in [0, 0.1) is 5.82 Å². The van der Waals surface area contributed by atoms with Crippen molar-refractivity contribution in [2.24, 2.45) is 0 Å². The van der Waals surface area contributed by atoms with Crippen molar-refractivity contribution in [2.75, 3.05) is 6.54 Å². The predicted octanol–water partition coefficient (Wildman–Crippen LogP) is 4.79. The number of aryl methyl sites for hydroxylation is 1. The number of benzene rings is 2. The van der Waals surface area contributed by atoms with Crippen LogP contribution in [0.25, 0.3) is 10.9 Å². The van der Waals surface area contributed by atoms with E-state index in [2.05, 4.69) is 11.9 Å². The van der Waals surface area contributed by atoms with Gasteiger partial charge in [-0.25, -0.2) is 12.8 Å². The van der Waals surface area contributed by atoms with Crippen LogP contribution in [0.15, 0.2) is 47.4 Å². The minimum absolute atomic E-state index is 0.263. The number of H-pyrrole nitrogens is 1. The molecule has 1 aliphatic rings. The molecule has 6 heteroatoms. The van der Waals surface area contributed by atoms with Gasteiger partial charge in [-0.1, -0.05) is 31.9 Å². The van der Waals surface area contributed by atoms with Gasteiger partial charge in [-0.15, -0.1) is 0 Å². The molecule has 0 saturated carbocycles. The summed E-state index contributed by atoms with van der Waals surface area (Å²) >= 11 is 0. The number of nitrogens with one attached hydrogen (secondary N) is 1. The molecule has 1 N–H and O–H groups in total. The number of fused-ring (bicyclic) bond motifs is 3. The van der Waals surface area contributed by atoms with Gasteiger partial charge in [-0.2, -0.15) is 4.31 Å². The fourth-order valence-electron chi connectivity index (χ4n) is 3.92. The summed E-state index contributed by atoms with van der Waals surface area (Å²) in [6, 6.07) is 11.9. The molecular weight excluding hydrogens is 375 g/mol. The molecule has 2 aromatic carbocycles. The van der Waals surface area contributed by atoms with Crippen molar-refractivity contribution in [3.8, 4) is 0 Å². The van der Waals surface area contributed by atoms with E-state index in [-0.39, 0.29) is 12.4 Å². The number of aromatic amines is 1. The molecule has 0 fully saturated rings. The molecule has 4 rings (SSSR count). The molecule has 2 heterocycles. The van der Waals surface area contributed by atoms with Gasteiger partial charge in [0.25, 0.3) is 0 Å². The van der Waals surface area contributed by atoms with Crippen molar-refractivity contribution in [1.29, 1.82) is 0 Å². The average molecular weight is 401 g/mol. The van der Waals surface area contributed by atoms with Crippen LogP contribution in [0.2, 0.25) is 0 Å². The lowest BCUT2D eigenvalue weighted by atomic mass is 10.1. The second-order valence-electron chi connectivity index (χ2n) is 7.46. The van der Waals surface area contributed by atoms with Crippen LogP contribution in [0.5, 0.6) is 0 Å². The molecule has 4 nitrogen and oxygen atoms in total. The van der Waals surface area contributed by atoms with Gasteiger partial charge in [0.15, 0.2) is 0 Å². The summed E-state index contributed by atoms with van der Waals surface area (Å²) in [5.74, 6) is -0.312. The molecule has 0 atom stereocenters. The SMILES string of the molecule is CCCCCc1ccc(S(=O)(=O)N2CCc3[nH]c4ccc(F)cc4c3C2)cc1. The largest absolute Gasteiger partial charge is 0.358 e. The molecule has 0 amide bonds. The highest BCUT2D eigenvalue weighted by Gasteiger charge is 2.30. The summed E-state index contributed by atoms with van der Waals surface area (Å²) in [4.78, 5) is 3.62. The van der Waals surface area contributed by atoms with Crippen LogP contribution in [0.3, 0.4) is 0 Å². The third-order valence-corrected chi connectivity index (χ3v) is 7.39. The van der Waals surface area contributed by atoms with E-state index in [1.165, 1.54) is 34.8 Å². The van der Waals surface area contributed by atoms with Crippen molar-refractivity contribution in [3.05, 3.63) is 65.1 Å². The molecule has 3 aromatic rings. The third-order valence-electron chi connectivity index (χ3n) is 5.53. The first kappa shape index (κ1) is 19.2. The van der Waals surface area contributed by atoms with Crippen LogP contribution in [-0.2, 0) is 29.4 Å². The van der Waals surface area contributed by atoms with Crippen LogP contribution in [-0.4, -0.2) is 24.3 Å². The third kappa shape index (κ3) is 3.59. The van der Waals surface area contributed by atoms with E-state index >= 15 is 0 Å². The Morgan fingerprint density at radius 3 is 2.64 bits per heavy atom. The number of hydrogen-bond acceptors (Lipinski definition) is 2. The number of sulfonamides is 1. The maximum atomic E-state index is 13.7. The molecule has 28 heavy (non-hydrogen) atoms. The van der Waals surface area contributed by atoms with Gasteiger partial charge >= 0.3 is 0 Å². The van der Waals surface area contributed by atoms with E-state index in [0.29, 0.717) is 17.9 Å². The van der Waals surface area contributed by atoms with Gasteiger partial charge in [-0.3, -0.25) is 0 Å². The standard InChI is InChI=1S/C22H25FN2O2S/c1-2-3-4-5-16-6-9-18(10-7-16)28(26,27)25-13-12-22-20(15-25)19-14-17(23)8-11-21(19)24-22/h6-11,14,24H,2-5,12-13,15H2,1H3. The van der Waals surface area contributed by atoms with E-state index in [0.717, 1.165) is 35.0 Å². The molecule has 0 spiro atoms. The number of halogens is 1. The van der Waals surface area contributed by atoms with Crippen molar-refractivity contribution in [2.45, 2.75) is 50.5 Å². The summed E-state index contributed by atoms with van der Waals surface area (Å²) in [7, 11) is -3.58. The molecule has 1 aromatic heterocycles. The monoisotopic (exact) mass is 400 g/mol. The molecule has 1 aliphatic heterocycles. The summed E-state index contributed by atoms with van der Waals surface area (Å²) in [5, 5.41) is 0.765. The normalized spacial score (nSPS) is 15.1. The van der Waals surface area contributed by atoms with Crippen LogP contribution >= 0.6 is 0 Å². The number of unbranched alkanes of at least 4 members (excludes halogenated alkanes) is 2. The Hall–Kier alpha value is -2.18. The minimum Gasteiger partial charge on any atom is -0.358 e. The number of aromatic nitrogens is 1. The van der Waals surface area contributed by atoms with Crippen LogP contribution in [0.4, 0.5) is 4.39 Å². The fraction of sp³-hybridized carbons (Fsp3) is 0.364. The Bertz CT molecular complexity index is 1090. The maximum absolute atomic E-state index is 13.7. The molecule has 0 bridgehead atoms. The van der Waals surface area contributed by atoms with Crippen molar-refractivity contribution in [3.63, 3.8) is 0 Å². The first-order chi connectivity index (χ1) is 13.5. The Balaban J connectivity index is 1.57. The zero-order chi connectivity index (χ0) is 19.7. The van der Waals surface area contributed by atoms with E-state index < -0.39 is 10.0 Å². The summed E-state index contributed by atoms with van der Waals surface area (Å²) in [6.45, 7) is 2.85. The quantitative estimate of drug-likeness (QED) is 0.605. The molecular formula is C22H25FN2O2S.